The van der Waals surface area contributed by atoms with Crippen LogP contribution in [-0.4, -0.2) is 104 Å². The largest absolute Gasteiger partial charge is 0.493 e. The molecule has 4 amide bonds. The standard InChI is InChI=1S/C53H60FN9O8/c1-27(2)45(59-52(66)68-6)49(64)61-16-8-11-39(61)47-55-25-37(58-47)33-20-35(54)44-40-21-34-19-31(14-15-38(34)63(40)51(71-43(44)23-33)32-13-12-30-10-9-17-70-42(30)22-32)36-24-56-48(57-36)41-18-29(5)26-62(41)50(65)46(28(3)4)60-53(67)69-7/h12-15,19-25,27-29,39,41,45-46,51H,8-11,16-18,26H2,1-7H3,(H,55,58)(H,56,57)(H,59,66)(H,60,67)/t29-,39+,41+,45-,46-,51?/m1/s1. The van der Waals surface area contributed by atoms with Crippen molar-refractivity contribution in [3.05, 3.63) is 95.6 Å². The van der Waals surface area contributed by atoms with Gasteiger partial charge in [-0.3, -0.25) is 9.59 Å². The SMILES string of the molecule is COC(=O)N[C@@H](C(=O)N1CCC[C@H]1c1ncc(-c2cc(F)c3c(c2)OC(c2ccc4c(c2)OCCC4)n2c-3cc3cc(-c4cnc([C@@H]5C[C@@H](C)CN5C(=O)[C@H](NC(=O)OC)C(C)C)[nH]4)ccc32)[nH]1)C(C)C. The summed E-state index contributed by atoms with van der Waals surface area (Å²) in [5, 5.41) is 6.26. The Bertz CT molecular complexity index is 3030. The van der Waals surface area contributed by atoms with Crippen LogP contribution in [0, 0.1) is 23.6 Å². The van der Waals surface area contributed by atoms with Crippen LogP contribution in [0.2, 0.25) is 0 Å². The van der Waals surface area contributed by atoms with Crippen molar-refractivity contribution in [3.8, 4) is 45.3 Å². The van der Waals surface area contributed by atoms with Crippen molar-refractivity contribution in [2.45, 2.75) is 97.1 Å². The number of likely N-dealkylation sites (tertiary alicyclic amines) is 2. The van der Waals surface area contributed by atoms with E-state index in [1.54, 1.807) is 22.2 Å². The second kappa shape index (κ2) is 19.1. The van der Waals surface area contributed by atoms with Gasteiger partial charge in [0, 0.05) is 35.2 Å². The van der Waals surface area contributed by atoms with Crippen molar-refractivity contribution < 1.29 is 42.5 Å². The van der Waals surface area contributed by atoms with Gasteiger partial charge in [-0.05, 0) is 91.8 Å². The molecular formula is C53H60FN9O8. The fourth-order valence-corrected chi connectivity index (χ4v) is 10.8. The Balaban J connectivity index is 0.985. The number of amides is 4. The number of aromatic nitrogens is 5. The predicted octanol–water partition coefficient (Wildman–Crippen LogP) is 8.83. The number of methoxy groups -OCH3 is 2. The molecular weight excluding hydrogens is 910 g/mol. The zero-order chi connectivity index (χ0) is 49.8. The molecule has 4 aliphatic heterocycles. The lowest BCUT2D eigenvalue weighted by Gasteiger charge is -2.31. The molecule has 3 aromatic heterocycles. The first-order valence-corrected chi connectivity index (χ1v) is 24.5. The number of alkyl carbamates (subject to hydrolysis) is 2. The average molecular weight is 970 g/mol. The first-order chi connectivity index (χ1) is 34.2. The summed E-state index contributed by atoms with van der Waals surface area (Å²) in [5.74, 6) is 1.34. The van der Waals surface area contributed by atoms with Crippen LogP contribution in [-0.2, 0) is 25.5 Å². The number of nitrogens with zero attached hydrogens (tertiary/aromatic N) is 5. The van der Waals surface area contributed by atoms with E-state index in [1.165, 1.54) is 20.3 Å². The maximum absolute atomic E-state index is 17.0. The molecule has 0 radical (unpaired) electrons. The van der Waals surface area contributed by atoms with Gasteiger partial charge in [-0.2, -0.15) is 0 Å². The van der Waals surface area contributed by atoms with E-state index in [9.17, 15) is 19.2 Å². The number of hydrogen-bond acceptors (Lipinski definition) is 10. The first kappa shape index (κ1) is 47.3. The number of carbonyl (C=O) groups is 4. The molecule has 4 aliphatic rings. The number of nitrogens with one attached hydrogen (secondary N) is 4. The number of aryl methyl sites for hydroxylation is 1. The van der Waals surface area contributed by atoms with Crippen molar-refractivity contribution in [2.24, 2.45) is 17.8 Å². The van der Waals surface area contributed by atoms with Gasteiger partial charge in [-0.15, -0.1) is 0 Å². The summed E-state index contributed by atoms with van der Waals surface area (Å²) in [7, 11) is 2.55. The Morgan fingerprint density at radius 3 is 2.15 bits per heavy atom. The fraction of sp³-hybridized carbons (Fsp3) is 0.434. The van der Waals surface area contributed by atoms with E-state index in [2.05, 4.69) is 33.6 Å². The van der Waals surface area contributed by atoms with Crippen LogP contribution in [0.3, 0.4) is 0 Å². The van der Waals surface area contributed by atoms with E-state index >= 15 is 4.39 Å². The van der Waals surface area contributed by atoms with Crippen molar-refractivity contribution in [1.29, 1.82) is 0 Å². The van der Waals surface area contributed by atoms with Crippen LogP contribution in [0.15, 0.2) is 67.0 Å². The molecule has 372 valence electrons. The lowest BCUT2D eigenvalue weighted by molar-refractivity contribution is -0.136. The molecule has 6 atom stereocenters. The molecule has 7 heterocycles. The minimum absolute atomic E-state index is 0.167. The number of aromatic amines is 2. The maximum Gasteiger partial charge on any atom is 0.407 e. The monoisotopic (exact) mass is 969 g/mol. The predicted molar refractivity (Wildman–Crippen MR) is 262 cm³/mol. The molecule has 10 rings (SSSR count). The number of imidazole rings is 2. The number of rotatable bonds is 11. The third-order valence-electron chi connectivity index (χ3n) is 14.4. The second-order valence-corrected chi connectivity index (χ2v) is 19.9. The van der Waals surface area contributed by atoms with Crippen molar-refractivity contribution in [2.75, 3.05) is 33.9 Å². The minimum Gasteiger partial charge on any atom is -0.493 e. The van der Waals surface area contributed by atoms with Gasteiger partial charge in [-0.1, -0.05) is 52.8 Å². The Labute approximate surface area is 410 Å². The van der Waals surface area contributed by atoms with Gasteiger partial charge < -0.3 is 53.9 Å². The summed E-state index contributed by atoms with van der Waals surface area (Å²) >= 11 is 0. The van der Waals surface area contributed by atoms with Crippen molar-refractivity contribution in [3.63, 3.8) is 0 Å². The molecule has 0 aliphatic carbocycles. The van der Waals surface area contributed by atoms with E-state index in [0.717, 1.165) is 58.3 Å². The van der Waals surface area contributed by atoms with Crippen LogP contribution in [0.4, 0.5) is 14.0 Å². The molecule has 6 aromatic rings. The first-order valence-electron chi connectivity index (χ1n) is 24.5. The molecule has 0 spiro atoms. The van der Waals surface area contributed by atoms with E-state index in [0.29, 0.717) is 72.5 Å². The van der Waals surface area contributed by atoms with Gasteiger partial charge in [0.1, 0.15) is 41.0 Å². The number of hydrogen-bond donors (Lipinski definition) is 4. The third kappa shape index (κ3) is 8.81. The van der Waals surface area contributed by atoms with Crippen LogP contribution in [0.25, 0.3) is 44.7 Å². The second-order valence-electron chi connectivity index (χ2n) is 19.9. The fourth-order valence-electron chi connectivity index (χ4n) is 10.8. The van der Waals surface area contributed by atoms with Gasteiger partial charge in [0.05, 0.1) is 73.5 Å². The Kier molecular flexibility index (Phi) is 12.7. The molecule has 2 saturated heterocycles. The molecule has 71 heavy (non-hydrogen) atoms. The van der Waals surface area contributed by atoms with Crippen LogP contribution in [0.5, 0.6) is 11.5 Å². The van der Waals surface area contributed by atoms with E-state index in [-0.39, 0.29) is 41.7 Å². The highest BCUT2D eigenvalue weighted by Gasteiger charge is 2.41. The number of carbonyl (C=O) groups excluding carboxylic acids is 4. The summed E-state index contributed by atoms with van der Waals surface area (Å²) in [6.45, 7) is 11.3. The number of fused-ring (bicyclic) bond motifs is 6. The maximum atomic E-state index is 17.0. The van der Waals surface area contributed by atoms with Crippen LogP contribution >= 0.6 is 0 Å². The zero-order valence-electron chi connectivity index (χ0n) is 41.0. The molecule has 2 fully saturated rings. The number of ether oxygens (including phenoxy) is 4. The summed E-state index contributed by atoms with van der Waals surface area (Å²) < 4.78 is 41.7. The number of benzene rings is 3. The molecule has 17 nitrogen and oxygen atoms in total. The number of H-pyrrole nitrogens is 2. The normalized spacial score (nSPS) is 20.2. The highest BCUT2D eigenvalue weighted by atomic mass is 19.1. The van der Waals surface area contributed by atoms with Gasteiger partial charge in [-0.25, -0.2) is 23.9 Å². The number of halogens is 1. The van der Waals surface area contributed by atoms with Gasteiger partial charge in [0.25, 0.3) is 0 Å². The Morgan fingerprint density at radius 2 is 1.46 bits per heavy atom. The summed E-state index contributed by atoms with van der Waals surface area (Å²) in [5.41, 5.74) is 6.43. The third-order valence-corrected chi connectivity index (χ3v) is 14.4. The minimum atomic E-state index is -0.780. The lowest BCUT2D eigenvalue weighted by atomic mass is 10.0. The van der Waals surface area contributed by atoms with Crippen molar-refractivity contribution in [1.82, 2.24) is 44.9 Å². The zero-order valence-corrected chi connectivity index (χ0v) is 41.0. The summed E-state index contributed by atoms with van der Waals surface area (Å²) in [6.07, 6.45) is 5.37. The van der Waals surface area contributed by atoms with Gasteiger partial charge in [0.2, 0.25) is 18.0 Å². The molecule has 0 bridgehead atoms. The molecule has 0 saturated carbocycles. The smallest absolute Gasteiger partial charge is 0.407 e. The van der Waals surface area contributed by atoms with E-state index in [1.807, 2.05) is 74.7 Å². The topological polar surface area (TPSA) is 198 Å². The average Bonchev–Trinajstić information content (AvgIpc) is 4.23. The molecule has 1 unspecified atom stereocenters. The molecule has 3 aromatic carbocycles. The molecule has 18 heteroatoms. The lowest BCUT2D eigenvalue weighted by Crippen LogP contribution is -2.51. The molecule has 4 N–H and O–H groups in total. The summed E-state index contributed by atoms with van der Waals surface area (Å²) in [6, 6.07) is 15.3. The van der Waals surface area contributed by atoms with E-state index in [4.69, 9.17) is 28.9 Å². The Hall–Kier alpha value is -7.37. The van der Waals surface area contributed by atoms with Crippen LogP contribution in [0.1, 0.15) is 101 Å². The van der Waals surface area contributed by atoms with Crippen molar-refractivity contribution >= 4 is 34.9 Å². The van der Waals surface area contributed by atoms with Gasteiger partial charge in [0.15, 0.2) is 0 Å². The highest BCUT2D eigenvalue weighted by Crippen LogP contribution is 2.48. The summed E-state index contributed by atoms with van der Waals surface area (Å²) in [4.78, 5) is 72.2. The van der Waals surface area contributed by atoms with E-state index < -0.39 is 36.3 Å². The quantitative estimate of drug-likeness (QED) is 0.0973. The Morgan fingerprint density at radius 1 is 0.789 bits per heavy atom. The highest BCUT2D eigenvalue weighted by molar-refractivity contribution is 5.93. The van der Waals surface area contributed by atoms with Crippen LogP contribution < -0.4 is 20.1 Å². The van der Waals surface area contributed by atoms with Gasteiger partial charge >= 0.3 is 12.2 Å².